The molecule has 0 fully saturated rings. The van der Waals surface area contributed by atoms with Gasteiger partial charge < -0.3 is 4.74 Å². The molecule has 0 unspecified atom stereocenters. The molecule has 0 amide bonds. The highest BCUT2D eigenvalue weighted by atomic mass is 32.2. The van der Waals surface area contributed by atoms with Crippen LogP contribution in [-0.2, 0) is 14.6 Å². The summed E-state index contributed by atoms with van der Waals surface area (Å²) < 4.78 is 27.3. The second-order valence-corrected chi connectivity index (χ2v) is 7.64. The number of unbranched alkanes of at least 4 members (excludes halogenated alkanes) is 7. The highest BCUT2D eigenvalue weighted by Gasteiger charge is 2.00. The molecule has 3 nitrogen and oxygen atoms in total. The van der Waals surface area contributed by atoms with Crippen LogP contribution in [0.5, 0.6) is 0 Å². The van der Waals surface area contributed by atoms with Crippen LogP contribution in [0, 0.1) is 0 Å². The lowest BCUT2D eigenvalue weighted by Gasteiger charge is -2.06. The maximum absolute atomic E-state index is 10.9. The predicted octanol–water partition coefficient (Wildman–Crippen LogP) is 3.58. The van der Waals surface area contributed by atoms with E-state index in [4.69, 9.17) is 4.74 Å². The maximum atomic E-state index is 10.9. The van der Waals surface area contributed by atoms with Crippen LogP contribution in [0.25, 0.3) is 0 Å². The van der Waals surface area contributed by atoms with Gasteiger partial charge in [-0.3, -0.25) is 0 Å². The van der Waals surface area contributed by atoms with Gasteiger partial charge in [-0.05, 0) is 26.7 Å². The summed E-state index contributed by atoms with van der Waals surface area (Å²) in [6.07, 6.45) is 10.9. The second kappa shape index (κ2) is 10.8. The summed E-state index contributed by atoms with van der Waals surface area (Å²) in [5.74, 6) is 0.347. The fourth-order valence-corrected chi connectivity index (χ4v) is 2.57. The van der Waals surface area contributed by atoms with Crippen LogP contribution < -0.4 is 0 Å². The topological polar surface area (TPSA) is 43.4 Å². The Labute approximate surface area is 113 Å². The normalized spacial score (nSPS) is 12.2. The first kappa shape index (κ1) is 17.9. The van der Waals surface area contributed by atoms with Crippen LogP contribution in [0.15, 0.2) is 0 Å². The van der Waals surface area contributed by atoms with E-state index in [9.17, 15) is 8.42 Å². The van der Waals surface area contributed by atoms with Gasteiger partial charge in [0.2, 0.25) is 0 Å². The summed E-state index contributed by atoms with van der Waals surface area (Å²) in [7, 11) is -2.75. The van der Waals surface area contributed by atoms with Crippen LogP contribution in [0.4, 0.5) is 0 Å². The molecule has 0 spiro atoms. The van der Waals surface area contributed by atoms with Gasteiger partial charge in [0, 0.05) is 18.6 Å². The molecule has 0 aliphatic rings. The number of hydrogen-bond donors (Lipinski definition) is 0. The van der Waals surface area contributed by atoms with Crippen LogP contribution in [0.2, 0.25) is 0 Å². The van der Waals surface area contributed by atoms with Gasteiger partial charge in [0.25, 0.3) is 0 Å². The number of rotatable bonds is 12. The number of sulfone groups is 1. The minimum absolute atomic E-state index is 0.347. The maximum Gasteiger partial charge on any atom is 0.147 e. The van der Waals surface area contributed by atoms with Gasteiger partial charge in [0.1, 0.15) is 9.84 Å². The molecular formula is C14H30O3S. The highest BCUT2D eigenvalue weighted by Crippen LogP contribution is 2.09. The number of hydrogen-bond acceptors (Lipinski definition) is 3. The van der Waals surface area contributed by atoms with Crippen molar-refractivity contribution in [3.8, 4) is 0 Å². The Kier molecular flexibility index (Phi) is 10.7. The van der Waals surface area contributed by atoms with Crippen molar-refractivity contribution in [2.24, 2.45) is 0 Å². The molecule has 0 atom stereocenters. The molecule has 0 N–H and O–H groups in total. The van der Waals surface area contributed by atoms with E-state index in [0.717, 1.165) is 32.3 Å². The van der Waals surface area contributed by atoms with E-state index in [1.54, 1.807) is 0 Å². The second-order valence-electron chi connectivity index (χ2n) is 5.38. The van der Waals surface area contributed by atoms with E-state index >= 15 is 0 Å². The fraction of sp³-hybridized carbons (Fsp3) is 1.00. The Balaban J connectivity index is 3.08. The summed E-state index contributed by atoms with van der Waals surface area (Å²) in [6, 6.07) is 0. The molecule has 0 aromatic heterocycles. The first-order valence-corrected chi connectivity index (χ1v) is 9.27. The van der Waals surface area contributed by atoms with Crippen molar-refractivity contribution in [2.75, 3.05) is 18.6 Å². The van der Waals surface area contributed by atoms with Gasteiger partial charge in [0.05, 0.1) is 6.10 Å². The SMILES string of the molecule is CC(C)OCCCCCCCCCCS(C)(=O)=O. The van der Waals surface area contributed by atoms with Crippen molar-refractivity contribution < 1.29 is 13.2 Å². The molecule has 0 bridgehead atoms. The summed E-state index contributed by atoms with van der Waals surface area (Å²) >= 11 is 0. The molecule has 110 valence electrons. The van der Waals surface area contributed by atoms with E-state index in [1.807, 2.05) is 0 Å². The lowest BCUT2D eigenvalue weighted by atomic mass is 10.1. The standard InChI is InChI=1S/C14H30O3S/c1-14(2)17-12-10-8-6-4-5-7-9-11-13-18(3,15)16/h14H,4-13H2,1-3H3. The Morgan fingerprint density at radius 3 is 1.72 bits per heavy atom. The highest BCUT2D eigenvalue weighted by molar-refractivity contribution is 7.90. The third-order valence-corrected chi connectivity index (χ3v) is 3.89. The third-order valence-electron chi connectivity index (χ3n) is 2.86. The van der Waals surface area contributed by atoms with E-state index < -0.39 is 9.84 Å². The molecule has 0 aromatic rings. The average Bonchev–Trinajstić information content (AvgIpc) is 2.24. The molecule has 18 heavy (non-hydrogen) atoms. The Hall–Kier alpha value is -0.0900. The molecule has 0 aliphatic carbocycles. The molecular weight excluding hydrogens is 248 g/mol. The summed E-state index contributed by atoms with van der Waals surface area (Å²) in [5.41, 5.74) is 0. The van der Waals surface area contributed by atoms with Crippen LogP contribution in [0.1, 0.15) is 65.2 Å². The van der Waals surface area contributed by atoms with Crippen LogP contribution in [0.3, 0.4) is 0 Å². The van der Waals surface area contributed by atoms with E-state index in [1.165, 1.54) is 31.9 Å². The molecule has 4 heteroatoms. The number of ether oxygens (including phenoxy) is 1. The first-order chi connectivity index (χ1) is 8.42. The van der Waals surface area contributed by atoms with Crippen LogP contribution in [-0.4, -0.2) is 33.1 Å². The fourth-order valence-electron chi connectivity index (χ4n) is 1.85. The zero-order valence-corrected chi connectivity index (χ0v) is 13.1. The summed E-state index contributed by atoms with van der Waals surface area (Å²) in [6.45, 7) is 5.01. The Bertz CT molecular complexity index is 271. The third kappa shape index (κ3) is 15.9. The molecule has 0 rings (SSSR count). The van der Waals surface area contributed by atoms with Crippen LogP contribution >= 0.6 is 0 Å². The minimum Gasteiger partial charge on any atom is -0.379 e. The predicted molar refractivity (Wildman–Crippen MR) is 77.7 cm³/mol. The van der Waals surface area contributed by atoms with Gasteiger partial charge in [-0.15, -0.1) is 0 Å². The average molecular weight is 278 g/mol. The first-order valence-electron chi connectivity index (χ1n) is 7.21. The lowest BCUT2D eigenvalue weighted by molar-refractivity contribution is 0.0757. The Morgan fingerprint density at radius 2 is 1.28 bits per heavy atom. The molecule has 0 saturated heterocycles. The summed E-state index contributed by atoms with van der Waals surface area (Å²) in [4.78, 5) is 0. The molecule has 0 heterocycles. The van der Waals surface area contributed by atoms with Crippen molar-refractivity contribution in [3.05, 3.63) is 0 Å². The smallest absolute Gasteiger partial charge is 0.147 e. The van der Waals surface area contributed by atoms with Crippen molar-refractivity contribution in [1.82, 2.24) is 0 Å². The zero-order chi connectivity index (χ0) is 13.9. The lowest BCUT2D eigenvalue weighted by Crippen LogP contribution is -2.03. The quantitative estimate of drug-likeness (QED) is 0.512. The van der Waals surface area contributed by atoms with Crippen molar-refractivity contribution >= 4 is 9.84 Å². The van der Waals surface area contributed by atoms with Gasteiger partial charge >= 0.3 is 0 Å². The molecule has 0 aromatic carbocycles. The van der Waals surface area contributed by atoms with Gasteiger partial charge in [-0.1, -0.05) is 38.5 Å². The molecule has 0 aliphatic heterocycles. The largest absolute Gasteiger partial charge is 0.379 e. The Morgan fingerprint density at radius 1 is 0.833 bits per heavy atom. The molecule has 0 radical (unpaired) electrons. The molecule has 0 saturated carbocycles. The van der Waals surface area contributed by atoms with Crippen molar-refractivity contribution in [3.63, 3.8) is 0 Å². The van der Waals surface area contributed by atoms with Gasteiger partial charge in [-0.2, -0.15) is 0 Å². The van der Waals surface area contributed by atoms with Gasteiger partial charge in [-0.25, -0.2) is 8.42 Å². The van der Waals surface area contributed by atoms with Crippen molar-refractivity contribution in [2.45, 2.75) is 71.3 Å². The van der Waals surface area contributed by atoms with E-state index in [2.05, 4.69) is 13.8 Å². The minimum atomic E-state index is -2.75. The van der Waals surface area contributed by atoms with E-state index in [-0.39, 0.29) is 0 Å². The zero-order valence-electron chi connectivity index (χ0n) is 12.3. The van der Waals surface area contributed by atoms with E-state index in [0.29, 0.717) is 11.9 Å². The van der Waals surface area contributed by atoms with Crippen molar-refractivity contribution in [1.29, 1.82) is 0 Å². The monoisotopic (exact) mass is 278 g/mol. The summed E-state index contributed by atoms with van der Waals surface area (Å²) in [5, 5.41) is 0. The van der Waals surface area contributed by atoms with Gasteiger partial charge in [0.15, 0.2) is 0 Å².